The second-order valence-electron chi connectivity index (χ2n) is 4.68. The lowest BCUT2D eigenvalue weighted by atomic mass is 10.1. The van der Waals surface area contributed by atoms with Gasteiger partial charge in [0.1, 0.15) is 0 Å². The van der Waals surface area contributed by atoms with E-state index >= 15 is 0 Å². The first-order chi connectivity index (χ1) is 11.0. The van der Waals surface area contributed by atoms with E-state index in [1.807, 2.05) is 0 Å². The number of hydrogen-bond donors (Lipinski definition) is 0. The van der Waals surface area contributed by atoms with Crippen molar-refractivity contribution in [1.29, 1.82) is 0 Å². The lowest BCUT2D eigenvalue weighted by Crippen LogP contribution is -2.32. The molecule has 0 unspecified atom stereocenters. The summed E-state index contributed by atoms with van der Waals surface area (Å²) < 4.78 is 18.1. The Hall–Kier alpha value is -3.22. The van der Waals surface area contributed by atoms with E-state index in [4.69, 9.17) is 9.57 Å². The Kier molecular flexibility index (Phi) is 3.53. The molecule has 6 nitrogen and oxygen atoms in total. The highest BCUT2D eigenvalue weighted by Gasteiger charge is 2.38. The predicted octanol–water partition coefficient (Wildman–Crippen LogP) is 2.20. The van der Waals surface area contributed by atoms with Crippen molar-refractivity contribution in [3.05, 3.63) is 65.0 Å². The summed E-state index contributed by atoms with van der Waals surface area (Å²) in [5.41, 5.74) is 0.253. The number of nitrogens with zero attached hydrogens (tertiary/aromatic N) is 1. The van der Waals surface area contributed by atoms with E-state index in [1.54, 1.807) is 12.1 Å². The first kappa shape index (κ1) is 14.7. The lowest BCUT2D eigenvalue weighted by Gasteiger charge is -2.13. The molecule has 116 valence electrons. The largest absolute Gasteiger partial charge is 0.494 e. The summed E-state index contributed by atoms with van der Waals surface area (Å²) in [5, 5.41) is 0.392. The van der Waals surface area contributed by atoms with Gasteiger partial charge < -0.3 is 9.57 Å². The Bertz CT molecular complexity index is 798. The number of carbonyl (C=O) groups is 3. The predicted molar refractivity (Wildman–Crippen MR) is 75.3 cm³/mol. The number of methoxy groups -OCH3 is 1. The van der Waals surface area contributed by atoms with E-state index in [1.165, 1.54) is 25.3 Å². The Balaban J connectivity index is 1.84. The number of fused-ring (bicyclic) bond motifs is 1. The normalized spacial score (nSPS) is 13.0. The van der Waals surface area contributed by atoms with Crippen LogP contribution in [0.15, 0.2) is 42.5 Å². The summed E-state index contributed by atoms with van der Waals surface area (Å²) in [4.78, 5) is 41.1. The molecule has 0 bridgehead atoms. The van der Waals surface area contributed by atoms with Crippen LogP contribution in [0.2, 0.25) is 0 Å². The molecule has 0 radical (unpaired) electrons. The number of benzene rings is 2. The zero-order chi connectivity index (χ0) is 16.6. The zero-order valence-corrected chi connectivity index (χ0v) is 11.9. The fraction of sp³-hybridized carbons (Fsp3) is 0.0625. The van der Waals surface area contributed by atoms with E-state index in [0.29, 0.717) is 5.06 Å². The molecule has 0 atom stereocenters. The monoisotopic (exact) mass is 315 g/mol. The molecule has 1 heterocycles. The molecule has 1 aliphatic rings. The average molecular weight is 315 g/mol. The minimum absolute atomic E-state index is 0.0557. The second kappa shape index (κ2) is 5.53. The van der Waals surface area contributed by atoms with Crippen molar-refractivity contribution >= 4 is 17.8 Å². The minimum Gasteiger partial charge on any atom is -0.494 e. The molecule has 0 N–H and O–H groups in total. The summed E-state index contributed by atoms with van der Waals surface area (Å²) >= 11 is 0. The highest BCUT2D eigenvalue weighted by molar-refractivity contribution is 6.21. The molecule has 7 heteroatoms. The molecule has 23 heavy (non-hydrogen) atoms. The lowest BCUT2D eigenvalue weighted by molar-refractivity contribution is -0.0584. The van der Waals surface area contributed by atoms with Gasteiger partial charge in [0.25, 0.3) is 11.8 Å². The smallest absolute Gasteiger partial charge is 0.364 e. The highest BCUT2D eigenvalue weighted by Crippen LogP contribution is 2.24. The Morgan fingerprint density at radius 2 is 1.65 bits per heavy atom. The van der Waals surface area contributed by atoms with Gasteiger partial charge in [-0.1, -0.05) is 17.2 Å². The number of ether oxygens (including phenoxy) is 1. The fourth-order valence-electron chi connectivity index (χ4n) is 2.17. The summed E-state index contributed by atoms with van der Waals surface area (Å²) in [5.74, 6) is -3.23. The number of rotatable bonds is 3. The van der Waals surface area contributed by atoms with E-state index in [9.17, 15) is 18.8 Å². The first-order valence-corrected chi connectivity index (χ1v) is 6.56. The molecule has 2 amide bonds. The number of amides is 2. The van der Waals surface area contributed by atoms with Gasteiger partial charge >= 0.3 is 5.97 Å². The Morgan fingerprint density at radius 3 is 2.22 bits per heavy atom. The molecule has 0 fully saturated rings. The van der Waals surface area contributed by atoms with Crippen LogP contribution in [-0.2, 0) is 4.84 Å². The number of carbonyl (C=O) groups excluding carboxylic acids is 3. The van der Waals surface area contributed by atoms with E-state index < -0.39 is 23.6 Å². The summed E-state index contributed by atoms with van der Waals surface area (Å²) in [6.07, 6.45) is 0. The van der Waals surface area contributed by atoms with Crippen molar-refractivity contribution in [3.63, 3.8) is 0 Å². The van der Waals surface area contributed by atoms with Crippen molar-refractivity contribution in [2.75, 3.05) is 7.11 Å². The Labute approximate surface area is 130 Å². The van der Waals surface area contributed by atoms with Crippen LogP contribution in [-0.4, -0.2) is 30.0 Å². The van der Waals surface area contributed by atoms with Gasteiger partial charge in [-0.2, -0.15) is 0 Å². The first-order valence-electron chi connectivity index (χ1n) is 6.56. The van der Waals surface area contributed by atoms with Gasteiger partial charge in [0.05, 0.1) is 23.8 Å². The van der Waals surface area contributed by atoms with Gasteiger partial charge in [-0.05, 0) is 30.3 Å². The summed E-state index contributed by atoms with van der Waals surface area (Å²) in [6, 6.07) is 9.43. The molecular weight excluding hydrogens is 305 g/mol. The molecule has 0 aliphatic carbocycles. The number of hydrogen-bond acceptors (Lipinski definition) is 5. The van der Waals surface area contributed by atoms with Crippen LogP contribution in [0.5, 0.6) is 5.75 Å². The van der Waals surface area contributed by atoms with Crippen molar-refractivity contribution in [2.24, 2.45) is 0 Å². The molecule has 0 saturated heterocycles. The maximum absolute atomic E-state index is 13.3. The third-order valence-corrected chi connectivity index (χ3v) is 3.32. The van der Waals surface area contributed by atoms with Crippen LogP contribution >= 0.6 is 0 Å². The number of halogens is 1. The fourth-order valence-corrected chi connectivity index (χ4v) is 2.17. The summed E-state index contributed by atoms with van der Waals surface area (Å²) in [7, 11) is 1.25. The standard InChI is InChI=1S/C16H10FNO5/c1-22-13-8-9(6-7-12(13)17)16(21)23-18-14(19)10-4-2-3-5-11(10)15(18)20/h2-8H,1H3. The van der Waals surface area contributed by atoms with Crippen LogP contribution in [0, 0.1) is 5.82 Å². The zero-order valence-electron chi connectivity index (χ0n) is 11.9. The van der Waals surface area contributed by atoms with Gasteiger partial charge in [0.2, 0.25) is 0 Å². The van der Waals surface area contributed by atoms with Crippen LogP contribution in [0.4, 0.5) is 4.39 Å². The van der Waals surface area contributed by atoms with Crippen molar-refractivity contribution in [2.45, 2.75) is 0 Å². The quantitative estimate of drug-likeness (QED) is 0.812. The van der Waals surface area contributed by atoms with Gasteiger partial charge in [0, 0.05) is 0 Å². The van der Waals surface area contributed by atoms with Crippen LogP contribution in [0.1, 0.15) is 31.1 Å². The van der Waals surface area contributed by atoms with Crippen molar-refractivity contribution in [3.8, 4) is 5.75 Å². The maximum Gasteiger partial charge on any atom is 0.364 e. The third-order valence-electron chi connectivity index (χ3n) is 3.32. The number of hydroxylamine groups is 2. The van der Waals surface area contributed by atoms with Gasteiger partial charge in [0.15, 0.2) is 11.6 Å². The molecule has 3 rings (SSSR count). The molecule has 0 saturated carbocycles. The van der Waals surface area contributed by atoms with Gasteiger partial charge in [-0.3, -0.25) is 9.59 Å². The summed E-state index contributed by atoms with van der Waals surface area (Å²) in [6.45, 7) is 0. The molecule has 0 spiro atoms. The Morgan fingerprint density at radius 1 is 1.04 bits per heavy atom. The van der Waals surface area contributed by atoms with Crippen molar-refractivity contribution < 1.29 is 28.3 Å². The molecule has 2 aromatic carbocycles. The molecule has 0 aromatic heterocycles. The molecule has 1 aliphatic heterocycles. The van der Waals surface area contributed by atoms with E-state index in [-0.39, 0.29) is 22.4 Å². The topological polar surface area (TPSA) is 72.9 Å². The minimum atomic E-state index is -0.974. The third kappa shape index (κ3) is 2.42. The maximum atomic E-state index is 13.3. The van der Waals surface area contributed by atoms with Crippen LogP contribution in [0.25, 0.3) is 0 Å². The average Bonchev–Trinajstić information content (AvgIpc) is 2.80. The SMILES string of the molecule is COc1cc(C(=O)ON2C(=O)c3ccccc3C2=O)ccc1F. The van der Waals surface area contributed by atoms with Crippen LogP contribution in [0.3, 0.4) is 0 Å². The van der Waals surface area contributed by atoms with Crippen molar-refractivity contribution in [1.82, 2.24) is 5.06 Å². The second-order valence-corrected chi connectivity index (χ2v) is 4.68. The molecular formula is C16H10FNO5. The highest BCUT2D eigenvalue weighted by atomic mass is 19.1. The number of imide groups is 1. The van der Waals surface area contributed by atoms with Gasteiger partial charge in [-0.15, -0.1) is 0 Å². The van der Waals surface area contributed by atoms with Crippen LogP contribution < -0.4 is 4.74 Å². The van der Waals surface area contributed by atoms with E-state index in [0.717, 1.165) is 12.1 Å². The van der Waals surface area contributed by atoms with E-state index in [2.05, 4.69) is 0 Å². The molecule has 2 aromatic rings. The van der Waals surface area contributed by atoms with Gasteiger partial charge in [-0.25, -0.2) is 9.18 Å².